The molecule has 2 atom stereocenters. The first kappa shape index (κ1) is 16.1. The number of aromatic nitrogens is 2. The van der Waals surface area contributed by atoms with Crippen molar-refractivity contribution in [3.63, 3.8) is 0 Å². The molecule has 20 heavy (non-hydrogen) atoms. The molecule has 0 saturated carbocycles. The van der Waals surface area contributed by atoms with E-state index in [1.54, 1.807) is 18.5 Å². The molecule has 0 aliphatic carbocycles. The Bertz CT molecular complexity index is 693. The maximum absolute atomic E-state index is 12.4. The zero-order valence-electron chi connectivity index (χ0n) is 10.8. The monoisotopic (exact) mass is 355 g/mol. The smallest absolute Gasteiger partial charge is 0.260 e. The van der Waals surface area contributed by atoms with Crippen LogP contribution in [0.4, 0.5) is 0 Å². The summed E-state index contributed by atoms with van der Waals surface area (Å²) in [5.74, 6) is 0. The second kappa shape index (κ2) is 6.20. The molecule has 2 unspecified atom stereocenters. The zero-order valence-corrected chi connectivity index (χ0v) is 14.0. The van der Waals surface area contributed by atoms with Crippen molar-refractivity contribution in [1.82, 2.24) is 14.1 Å². The maximum Gasteiger partial charge on any atom is 0.260 e. The number of aliphatic hydroxyl groups excluding tert-OH is 1. The summed E-state index contributed by atoms with van der Waals surface area (Å²) in [4.78, 5) is 4.53. The molecule has 0 bridgehead atoms. The number of rotatable bonds is 6. The van der Waals surface area contributed by atoms with Crippen molar-refractivity contribution in [1.29, 1.82) is 0 Å². The summed E-state index contributed by atoms with van der Waals surface area (Å²) >= 11 is 8.62. The Morgan fingerprint density at radius 2 is 2.35 bits per heavy atom. The lowest BCUT2D eigenvalue weighted by atomic mass is 10.3. The minimum atomic E-state index is -3.81. The van der Waals surface area contributed by atoms with Gasteiger partial charge in [0.05, 0.1) is 6.61 Å². The van der Waals surface area contributed by atoms with Gasteiger partial charge >= 0.3 is 0 Å². The first-order valence-corrected chi connectivity index (χ1v) is 9.70. The second-order valence-electron chi connectivity index (χ2n) is 4.13. The standard InChI is InChI=1S/C10H14ClN3O3S3/c1-6(7(5-15)18-2)13-20(16,17)9-8(11)12-10-14(9)3-4-19-10/h3-4,6-7,13,15H,5H2,1-2H3. The molecule has 0 fully saturated rings. The van der Waals surface area contributed by atoms with Gasteiger partial charge in [-0.15, -0.1) is 11.3 Å². The Hall–Kier alpha value is -0.320. The highest BCUT2D eigenvalue weighted by atomic mass is 35.5. The van der Waals surface area contributed by atoms with Crippen LogP contribution in [0.25, 0.3) is 4.96 Å². The lowest BCUT2D eigenvalue weighted by Gasteiger charge is -2.20. The number of thioether (sulfide) groups is 1. The average molecular weight is 356 g/mol. The van der Waals surface area contributed by atoms with Gasteiger partial charge in [-0.2, -0.15) is 11.8 Å². The molecule has 2 aromatic heterocycles. The lowest BCUT2D eigenvalue weighted by molar-refractivity contribution is 0.282. The Kier molecular flexibility index (Phi) is 4.98. The summed E-state index contributed by atoms with van der Waals surface area (Å²) in [5, 5.41) is 10.6. The molecule has 0 aromatic carbocycles. The summed E-state index contributed by atoms with van der Waals surface area (Å²) < 4.78 is 28.8. The van der Waals surface area contributed by atoms with E-state index in [0.717, 1.165) is 0 Å². The van der Waals surface area contributed by atoms with E-state index in [2.05, 4.69) is 9.71 Å². The van der Waals surface area contributed by atoms with E-state index in [9.17, 15) is 13.5 Å². The van der Waals surface area contributed by atoms with Crippen LogP contribution in [0.3, 0.4) is 0 Å². The fraction of sp³-hybridized carbons (Fsp3) is 0.500. The fourth-order valence-corrected chi connectivity index (χ4v) is 5.24. The molecule has 10 heteroatoms. The van der Waals surface area contributed by atoms with Crippen molar-refractivity contribution in [2.45, 2.75) is 23.2 Å². The molecule has 0 saturated heterocycles. The molecule has 0 radical (unpaired) electrons. The molecule has 2 heterocycles. The number of nitrogens with one attached hydrogen (secondary N) is 1. The van der Waals surface area contributed by atoms with E-state index in [1.807, 2.05) is 6.26 Å². The molecule has 2 rings (SSSR count). The lowest BCUT2D eigenvalue weighted by Crippen LogP contribution is -2.41. The zero-order chi connectivity index (χ0) is 14.9. The number of imidazole rings is 1. The highest BCUT2D eigenvalue weighted by Crippen LogP contribution is 2.26. The molecule has 6 nitrogen and oxygen atoms in total. The molecule has 0 aliphatic rings. The molecule has 112 valence electrons. The predicted octanol–water partition coefficient (Wildman–Crippen LogP) is 1.44. The minimum absolute atomic E-state index is 0.0544. The summed E-state index contributed by atoms with van der Waals surface area (Å²) in [7, 11) is -3.81. The highest BCUT2D eigenvalue weighted by Gasteiger charge is 2.28. The van der Waals surface area contributed by atoms with Crippen LogP contribution in [0.5, 0.6) is 0 Å². The fourth-order valence-electron chi connectivity index (χ4n) is 1.79. The third kappa shape index (κ3) is 2.97. The largest absolute Gasteiger partial charge is 0.395 e. The van der Waals surface area contributed by atoms with Gasteiger partial charge in [0.2, 0.25) is 0 Å². The molecular weight excluding hydrogens is 342 g/mol. The number of fused-ring (bicyclic) bond motifs is 1. The maximum atomic E-state index is 12.4. The Balaban J connectivity index is 2.35. The van der Waals surface area contributed by atoms with Crippen LogP contribution in [0, 0.1) is 0 Å². The summed E-state index contributed by atoms with van der Waals surface area (Å²) in [6.45, 7) is 1.59. The topological polar surface area (TPSA) is 83.7 Å². The highest BCUT2D eigenvalue weighted by molar-refractivity contribution is 7.99. The van der Waals surface area contributed by atoms with Gasteiger partial charge in [-0.25, -0.2) is 18.1 Å². The van der Waals surface area contributed by atoms with E-state index in [0.29, 0.717) is 4.96 Å². The van der Waals surface area contributed by atoms with Crippen molar-refractivity contribution in [2.75, 3.05) is 12.9 Å². The molecule has 0 spiro atoms. The van der Waals surface area contributed by atoms with Crippen LogP contribution in [0.1, 0.15) is 6.92 Å². The van der Waals surface area contributed by atoms with E-state index < -0.39 is 16.1 Å². The molecule has 0 aliphatic heterocycles. The van der Waals surface area contributed by atoms with Crippen molar-refractivity contribution >= 4 is 49.7 Å². The number of thiazole rings is 1. The van der Waals surface area contributed by atoms with Crippen LogP contribution in [0.2, 0.25) is 5.15 Å². The minimum Gasteiger partial charge on any atom is -0.395 e. The normalized spacial score (nSPS) is 15.6. The third-order valence-corrected chi connectivity index (χ3v) is 6.69. The van der Waals surface area contributed by atoms with Gasteiger partial charge < -0.3 is 5.11 Å². The van der Waals surface area contributed by atoms with Crippen LogP contribution >= 0.6 is 34.7 Å². The Labute approximate surface area is 130 Å². The second-order valence-corrected chi connectivity index (χ2v) is 8.07. The van der Waals surface area contributed by atoms with Crippen molar-refractivity contribution in [3.05, 3.63) is 16.7 Å². The number of sulfonamides is 1. The van der Waals surface area contributed by atoms with Crippen LogP contribution < -0.4 is 4.72 Å². The molecule has 0 amide bonds. The average Bonchev–Trinajstić information content (AvgIpc) is 2.88. The number of halogens is 1. The van der Waals surface area contributed by atoms with E-state index >= 15 is 0 Å². The Morgan fingerprint density at radius 1 is 1.65 bits per heavy atom. The van der Waals surface area contributed by atoms with Crippen molar-refractivity contribution in [2.24, 2.45) is 0 Å². The van der Waals surface area contributed by atoms with Crippen molar-refractivity contribution < 1.29 is 13.5 Å². The first-order chi connectivity index (χ1) is 9.40. The summed E-state index contributed by atoms with van der Waals surface area (Å²) in [6, 6.07) is -0.430. The van der Waals surface area contributed by atoms with E-state index in [4.69, 9.17) is 11.6 Å². The van der Waals surface area contributed by atoms with Gasteiger partial charge in [0.25, 0.3) is 10.0 Å². The molecule has 2 aromatic rings. The Morgan fingerprint density at radius 3 is 2.95 bits per heavy atom. The number of hydrogen-bond acceptors (Lipinski definition) is 6. The predicted molar refractivity (Wildman–Crippen MR) is 82.3 cm³/mol. The van der Waals surface area contributed by atoms with Gasteiger partial charge in [-0.1, -0.05) is 11.6 Å². The quantitative estimate of drug-likeness (QED) is 0.819. The van der Waals surface area contributed by atoms with Crippen LogP contribution in [0.15, 0.2) is 16.6 Å². The van der Waals surface area contributed by atoms with E-state index in [-0.39, 0.29) is 22.0 Å². The van der Waals surface area contributed by atoms with Crippen molar-refractivity contribution in [3.8, 4) is 0 Å². The van der Waals surface area contributed by atoms with E-state index in [1.165, 1.54) is 27.5 Å². The molecular formula is C10H14ClN3O3S3. The van der Waals surface area contributed by atoms with Crippen LogP contribution in [-0.2, 0) is 10.0 Å². The first-order valence-electron chi connectivity index (χ1n) is 5.67. The SMILES string of the molecule is CSC(CO)C(C)NS(=O)(=O)c1c(Cl)nc2sccn12. The molecule has 2 N–H and O–H groups in total. The van der Waals surface area contributed by atoms with Crippen LogP contribution in [-0.4, -0.2) is 47.1 Å². The number of nitrogens with zero attached hydrogens (tertiary/aromatic N) is 2. The van der Waals surface area contributed by atoms with Gasteiger partial charge in [-0.3, -0.25) is 4.40 Å². The van der Waals surface area contributed by atoms with Gasteiger partial charge in [0.15, 0.2) is 15.1 Å². The van der Waals surface area contributed by atoms with Gasteiger partial charge in [-0.05, 0) is 13.2 Å². The van der Waals surface area contributed by atoms with Gasteiger partial charge in [0, 0.05) is 22.9 Å². The van der Waals surface area contributed by atoms with Gasteiger partial charge in [0.1, 0.15) is 0 Å². The summed E-state index contributed by atoms with van der Waals surface area (Å²) in [5.41, 5.74) is 0. The third-order valence-electron chi connectivity index (χ3n) is 2.81. The number of hydrogen-bond donors (Lipinski definition) is 2. The number of aliphatic hydroxyl groups is 1. The summed E-state index contributed by atoms with van der Waals surface area (Å²) in [6.07, 6.45) is 3.42.